The Labute approximate surface area is 176 Å². The summed E-state index contributed by atoms with van der Waals surface area (Å²) in [5.74, 6) is 0.326. The SMILES string of the molecule is N#CC1(c2ccc(NC(=O)c3cccnc3NCc3ccccc3)cc2)CCCC1. The fourth-order valence-corrected chi connectivity index (χ4v) is 4.03. The molecular formula is C25H24N4O. The van der Waals surface area contributed by atoms with Crippen LogP contribution in [-0.2, 0) is 12.0 Å². The number of nitrogens with one attached hydrogen (secondary N) is 2. The molecule has 0 aliphatic heterocycles. The number of nitriles is 1. The van der Waals surface area contributed by atoms with E-state index in [1.165, 1.54) is 0 Å². The molecule has 0 radical (unpaired) electrons. The first-order valence-corrected chi connectivity index (χ1v) is 10.3. The van der Waals surface area contributed by atoms with E-state index >= 15 is 0 Å². The molecule has 1 heterocycles. The molecule has 0 spiro atoms. The van der Waals surface area contributed by atoms with Gasteiger partial charge in [-0.25, -0.2) is 4.98 Å². The second kappa shape index (κ2) is 8.79. The molecule has 3 aromatic rings. The highest BCUT2D eigenvalue weighted by Crippen LogP contribution is 2.40. The lowest BCUT2D eigenvalue weighted by Gasteiger charge is -2.21. The first-order valence-electron chi connectivity index (χ1n) is 10.3. The van der Waals surface area contributed by atoms with Gasteiger partial charge >= 0.3 is 0 Å². The van der Waals surface area contributed by atoms with Gasteiger partial charge in [-0.05, 0) is 48.2 Å². The molecule has 0 bridgehead atoms. The largest absolute Gasteiger partial charge is 0.365 e. The van der Waals surface area contributed by atoms with Gasteiger partial charge in [0.05, 0.1) is 17.0 Å². The monoisotopic (exact) mass is 396 g/mol. The maximum absolute atomic E-state index is 12.9. The van der Waals surface area contributed by atoms with Crippen molar-refractivity contribution in [1.82, 2.24) is 4.98 Å². The number of hydrogen-bond acceptors (Lipinski definition) is 4. The van der Waals surface area contributed by atoms with Crippen molar-refractivity contribution < 1.29 is 4.79 Å². The van der Waals surface area contributed by atoms with Crippen LogP contribution in [0.2, 0.25) is 0 Å². The summed E-state index contributed by atoms with van der Waals surface area (Å²) in [5.41, 5.74) is 2.96. The molecule has 5 nitrogen and oxygen atoms in total. The number of anilines is 2. The quantitative estimate of drug-likeness (QED) is 0.594. The highest BCUT2D eigenvalue weighted by molar-refractivity contribution is 6.07. The Kier molecular flexibility index (Phi) is 5.76. The zero-order chi connectivity index (χ0) is 20.8. The number of benzene rings is 2. The van der Waals surface area contributed by atoms with Gasteiger partial charge in [-0.3, -0.25) is 4.79 Å². The van der Waals surface area contributed by atoms with Crippen LogP contribution in [0.1, 0.15) is 47.2 Å². The van der Waals surface area contributed by atoms with E-state index in [0.717, 1.165) is 36.8 Å². The van der Waals surface area contributed by atoms with Crippen molar-refractivity contribution in [3.8, 4) is 6.07 Å². The molecule has 1 amide bonds. The van der Waals surface area contributed by atoms with Crippen molar-refractivity contribution in [2.45, 2.75) is 37.6 Å². The van der Waals surface area contributed by atoms with E-state index in [1.54, 1.807) is 18.3 Å². The Balaban J connectivity index is 1.46. The van der Waals surface area contributed by atoms with Crippen LogP contribution in [0.15, 0.2) is 72.9 Å². The number of carbonyl (C=O) groups excluding carboxylic acids is 1. The predicted octanol–water partition coefficient (Wildman–Crippen LogP) is 5.28. The van der Waals surface area contributed by atoms with Gasteiger partial charge in [0.2, 0.25) is 0 Å². The average Bonchev–Trinajstić information content (AvgIpc) is 3.29. The summed E-state index contributed by atoms with van der Waals surface area (Å²) in [4.78, 5) is 17.2. The zero-order valence-corrected chi connectivity index (χ0v) is 16.8. The first kappa shape index (κ1) is 19.7. The van der Waals surface area contributed by atoms with E-state index < -0.39 is 0 Å². The van der Waals surface area contributed by atoms with Gasteiger partial charge in [-0.15, -0.1) is 0 Å². The van der Waals surface area contributed by atoms with E-state index in [1.807, 2.05) is 54.6 Å². The summed E-state index contributed by atoms with van der Waals surface area (Å²) < 4.78 is 0. The molecule has 4 rings (SSSR count). The molecule has 2 aromatic carbocycles. The normalized spacial score (nSPS) is 14.6. The minimum atomic E-state index is -0.375. The molecule has 0 unspecified atom stereocenters. The molecule has 5 heteroatoms. The highest BCUT2D eigenvalue weighted by Gasteiger charge is 2.35. The predicted molar refractivity (Wildman–Crippen MR) is 118 cm³/mol. The van der Waals surface area contributed by atoms with Crippen LogP contribution in [0.5, 0.6) is 0 Å². The van der Waals surface area contributed by atoms with Crippen LogP contribution in [0.4, 0.5) is 11.5 Å². The van der Waals surface area contributed by atoms with Gasteiger partial charge in [0.15, 0.2) is 0 Å². The summed E-state index contributed by atoms with van der Waals surface area (Å²) >= 11 is 0. The number of nitrogens with zero attached hydrogens (tertiary/aromatic N) is 2. The van der Waals surface area contributed by atoms with Crippen LogP contribution >= 0.6 is 0 Å². The fourth-order valence-electron chi connectivity index (χ4n) is 4.03. The minimum absolute atomic E-state index is 0.220. The van der Waals surface area contributed by atoms with Crippen molar-refractivity contribution in [2.75, 3.05) is 10.6 Å². The van der Waals surface area contributed by atoms with Crippen LogP contribution in [0, 0.1) is 11.3 Å². The lowest BCUT2D eigenvalue weighted by atomic mass is 9.80. The van der Waals surface area contributed by atoms with Crippen LogP contribution in [0.25, 0.3) is 0 Å². The van der Waals surface area contributed by atoms with Gasteiger partial charge < -0.3 is 10.6 Å². The average molecular weight is 396 g/mol. The van der Waals surface area contributed by atoms with Gasteiger partial charge in [0, 0.05) is 18.4 Å². The summed E-state index contributed by atoms with van der Waals surface area (Å²) in [6.07, 6.45) is 5.65. The van der Waals surface area contributed by atoms with E-state index in [4.69, 9.17) is 0 Å². The number of rotatable bonds is 6. The van der Waals surface area contributed by atoms with Gasteiger partial charge in [0.25, 0.3) is 5.91 Å². The molecule has 30 heavy (non-hydrogen) atoms. The maximum atomic E-state index is 12.9. The molecule has 2 N–H and O–H groups in total. The van der Waals surface area contributed by atoms with E-state index in [2.05, 4.69) is 21.7 Å². The third kappa shape index (κ3) is 4.18. The molecule has 1 fully saturated rings. The standard InChI is InChI=1S/C25H24N4O/c26-18-25(14-4-5-15-25)20-10-12-21(13-11-20)29-24(30)22-9-6-16-27-23(22)28-17-19-7-2-1-3-8-19/h1-3,6-13,16H,4-5,14-15,17H2,(H,27,28)(H,29,30). The third-order valence-electron chi connectivity index (χ3n) is 5.72. The van der Waals surface area contributed by atoms with E-state index in [9.17, 15) is 10.1 Å². The topological polar surface area (TPSA) is 77.8 Å². The summed E-state index contributed by atoms with van der Waals surface area (Å²) in [7, 11) is 0. The number of carbonyl (C=O) groups is 1. The van der Waals surface area contributed by atoms with Crippen molar-refractivity contribution >= 4 is 17.4 Å². The molecule has 0 saturated heterocycles. The Morgan fingerprint density at radius 2 is 1.73 bits per heavy atom. The molecule has 0 atom stereocenters. The molecule has 1 saturated carbocycles. The molecule has 150 valence electrons. The van der Waals surface area contributed by atoms with Crippen molar-refractivity contribution in [2.24, 2.45) is 0 Å². The first-order chi connectivity index (χ1) is 14.7. The Bertz CT molecular complexity index is 1050. The summed E-state index contributed by atoms with van der Waals surface area (Å²) in [5, 5.41) is 15.9. The Hall–Kier alpha value is -3.65. The van der Waals surface area contributed by atoms with Crippen LogP contribution in [0.3, 0.4) is 0 Å². The lowest BCUT2D eigenvalue weighted by molar-refractivity contribution is 0.102. The third-order valence-corrected chi connectivity index (χ3v) is 5.72. The highest BCUT2D eigenvalue weighted by atomic mass is 16.1. The van der Waals surface area contributed by atoms with Crippen molar-refractivity contribution in [3.05, 3.63) is 89.6 Å². The molecule has 1 aromatic heterocycles. The molecule has 1 aliphatic rings. The second-order valence-electron chi connectivity index (χ2n) is 7.67. The Morgan fingerprint density at radius 3 is 2.43 bits per heavy atom. The number of aromatic nitrogens is 1. The molecular weight excluding hydrogens is 372 g/mol. The van der Waals surface area contributed by atoms with Gasteiger partial charge in [-0.1, -0.05) is 55.3 Å². The van der Waals surface area contributed by atoms with E-state index in [-0.39, 0.29) is 11.3 Å². The second-order valence-corrected chi connectivity index (χ2v) is 7.67. The minimum Gasteiger partial charge on any atom is -0.365 e. The number of hydrogen-bond donors (Lipinski definition) is 2. The summed E-state index contributed by atoms with van der Waals surface area (Å²) in [6.45, 7) is 0.586. The van der Waals surface area contributed by atoms with Crippen LogP contribution < -0.4 is 10.6 Å². The van der Waals surface area contributed by atoms with Gasteiger partial charge in [0.1, 0.15) is 5.82 Å². The molecule has 1 aliphatic carbocycles. The number of amides is 1. The van der Waals surface area contributed by atoms with Crippen molar-refractivity contribution in [3.63, 3.8) is 0 Å². The van der Waals surface area contributed by atoms with Gasteiger partial charge in [-0.2, -0.15) is 5.26 Å². The van der Waals surface area contributed by atoms with Crippen molar-refractivity contribution in [1.29, 1.82) is 5.26 Å². The maximum Gasteiger partial charge on any atom is 0.259 e. The Morgan fingerprint density at radius 1 is 1.00 bits per heavy atom. The number of pyridine rings is 1. The fraction of sp³-hybridized carbons (Fsp3) is 0.240. The van der Waals surface area contributed by atoms with Crippen LogP contribution in [-0.4, -0.2) is 10.9 Å². The lowest BCUT2D eigenvalue weighted by Crippen LogP contribution is -2.19. The van der Waals surface area contributed by atoms with E-state index in [0.29, 0.717) is 23.6 Å². The summed E-state index contributed by atoms with van der Waals surface area (Å²) in [6, 6.07) is 23.7. The smallest absolute Gasteiger partial charge is 0.259 e. The zero-order valence-electron chi connectivity index (χ0n) is 16.8.